The number of pyridine rings is 1. The number of halogens is 2. The Balaban J connectivity index is 1.86. The highest BCUT2D eigenvalue weighted by atomic mass is 19.3. The highest BCUT2D eigenvalue weighted by Crippen LogP contribution is 2.49. The van der Waals surface area contributed by atoms with E-state index in [9.17, 15) is 13.6 Å². The average molecular weight is 302 g/mol. The zero-order chi connectivity index (χ0) is 15.9. The maximum atomic E-state index is 12.9. The molecule has 2 aromatic rings. The standard InChI is InChI=1S/C17H16F2N2O/c1-10-6-7-12(21-16(22)14-9-17(14,18)19)8-13(10)15-5-3-4-11(2)20-15/h3-8,14H,9H2,1-2H3,(H,21,22)/t14-/m0/s1. The molecule has 0 bridgehead atoms. The van der Waals surface area contributed by atoms with E-state index in [0.29, 0.717) is 5.69 Å². The van der Waals surface area contributed by atoms with Gasteiger partial charge in [-0.1, -0.05) is 12.1 Å². The first-order valence-electron chi connectivity index (χ1n) is 7.10. The number of carbonyl (C=O) groups is 1. The van der Waals surface area contributed by atoms with Gasteiger partial charge in [-0.25, -0.2) is 8.78 Å². The molecule has 0 radical (unpaired) electrons. The number of hydrogen-bond acceptors (Lipinski definition) is 2. The Morgan fingerprint density at radius 1 is 1.27 bits per heavy atom. The smallest absolute Gasteiger partial charge is 0.260 e. The van der Waals surface area contributed by atoms with Gasteiger partial charge in [0, 0.05) is 23.4 Å². The fourth-order valence-corrected chi connectivity index (χ4v) is 2.40. The summed E-state index contributed by atoms with van der Waals surface area (Å²) in [5.41, 5.74) is 4.09. The Bertz CT molecular complexity index is 743. The van der Waals surface area contributed by atoms with Crippen LogP contribution in [0.25, 0.3) is 11.3 Å². The Morgan fingerprint density at radius 2 is 2.00 bits per heavy atom. The number of nitrogens with zero attached hydrogens (tertiary/aromatic N) is 1. The predicted octanol–water partition coefficient (Wildman–Crippen LogP) is 3.96. The zero-order valence-electron chi connectivity index (χ0n) is 12.4. The minimum atomic E-state index is -2.85. The second kappa shape index (κ2) is 5.16. The first kappa shape index (κ1) is 14.6. The van der Waals surface area contributed by atoms with Crippen LogP contribution in [-0.4, -0.2) is 16.8 Å². The second-order valence-corrected chi connectivity index (χ2v) is 5.70. The van der Waals surface area contributed by atoms with E-state index in [2.05, 4.69) is 10.3 Å². The molecule has 3 rings (SSSR count). The van der Waals surface area contributed by atoms with Crippen LogP contribution in [0.5, 0.6) is 0 Å². The highest BCUT2D eigenvalue weighted by molar-refractivity contribution is 5.95. The molecule has 1 amide bonds. The van der Waals surface area contributed by atoms with Crippen molar-refractivity contribution in [2.45, 2.75) is 26.2 Å². The molecule has 1 aliphatic carbocycles. The number of amides is 1. The molecule has 1 aromatic heterocycles. The molecule has 1 atom stereocenters. The van der Waals surface area contributed by atoms with Crippen LogP contribution in [0, 0.1) is 19.8 Å². The molecule has 0 saturated heterocycles. The predicted molar refractivity (Wildman–Crippen MR) is 80.8 cm³/mol. The number of nitrogens with one attached hydrogen (secondary N) is 1. The van der Waals surface area contributed by atoms with Crippen molar-refractivity contribution in [2.75, 3.05) is 5.32 Å². The van der Waals surface area contributed by atoms with Crippen LogP contribution in [0.4, 0.5) is 14.5 Å². The van der Waals surface area contributed by atoms with E-state index in [0.717, 1.165) is 22.5 Å². The van der Waals surface area contributed by atoms with Gasteiger partial charge in [0.1, 0.15) is 5.92 Å². The number of carbonyl (C=O) groups excluding carboxylic acids is 1. The molecule has 114 valence electrons. The third kappa shape index (κ3) is 2.84. The minimum absolute atomic E-state index is 0.364. The van der Waals surface area contributed by atoms with Crippen molar-refractivity contribution in [1.29, 1.82) is 0 Å². The SMILES string of the molecule is Cc1cccc(-c2cc(NC(=O)[C@@H]3CC3(F)F)ccc2C)n1. The summed E-state index contributed by atoms with van der Waals surface area (Å²) < 4.78 is 25.9. The van der Waals surface area contributed by atoms with Gasteiger partial charge in [0.15, 0.2) is 0 Å². The van der Waals surface area contributed by atoms with E-state index < -0.39 is 17.7 Å². The lowest BCUT2D eigenvalue weighted by Crippen LogP contribution is -2.17. The molecule has 1 saturated carbocycles. The Hall–Kier alpha value is -2.30. The van der Waals surface area contributed by atoms with E-state index >= 15 is 0 Å². The van der Waals surface area contributed by atoms with E-state index in [4.69, 9.17) is 0 Å². The zero-order valence-corrected chi connectivity index (χ0v) is 12.4. The Morgan fingerprint density at radius 3 is 2.64 bits per heavy atom. The largest absolute Gasteiger partial charge is 0.326 e. The van der Waals surface area contributed by atoms with E-state index in [1.54, 1.807) is 12.1 Å². The lowest BCUT2D eigenvalue weighted by Gasteiger charge is -2.10. The molecule has 1 N–H and O–H groups in total. The summed E-state index contributed by atoms with van der Waals surface area (Å²) in [5, 5.41) is 2.56. The molecule has 1 aliphatic rings. The van der Waals surface area contributed by atoms with Crippen molar-refractivity contribution in [3.8, 4) is 11.3 Å². The summed E-state index contributed by atoms with van der Waals surface area (Å²) in [6.45, 7) is 3.85. The van der Waals surface area contributed by atoms with Gasteiger partial charge in [-0.15, -0.1) is 0 Å². The lowest BCUT2D eigenvalue weighted by atomic mass is 10.0. The maximum absolute atomic E-state index is 12.9. The van der Waals surface area contributed by atoms with Gasteiger partial charge < -0.3 is 5.32 Å². The van der Waals surface area contributed by atoms with Gasteiger partial charge in [0.25, 0.3) is 5.92 Å². The highest BCUT2D eigenvalue weighted by Gasteiger charge is 2.61. The summed E-state index contributed by atoms with van der Waals surface area (Å²) in [7, 11) is 0. The van der Waals surface area contributed by atoms with Crippen LogP contribution in [0.1, 0.15) is 17.7 Å². The van der Waals surface area contributed by atoms with Crippen molar-refractivity contribution in [2.24, 2.45) is 5.92 Å². The molecule has 3 nitrogen and oxygen atoms in total. The van der Waals surface area contributed by atoms with Gasteiger partial charge in [0.2, 0.25) is 5.91 Å². The molecular weight excluding hydrogens is 286 g/mol. The molecular formula is C17H16F2N2O. The van der Waals surface area contributed by atoms with Crippen LogP contribution < -0.4 is 5.32 Å². The molecule has 0 unspecified atom stereocenters. The van der Waals surface area contributed by atoms with Crippen molar-refractivity contribution < 1.29 is 13.6 Å². The van der Waals surface area contributed by atoms with Gasteiger partial charge in [-0.05, 0) is 43.7 Å². The van der Waals surface area contributed by atoms with Crippen molar-refractivity contribution in [1.82, 2.24) is 4.98 Å². The quantitative estimate of drug-likeness (QED) is 0.932. The molecule has 5 heteroatoms. The normalized spacial score (nSPS) is 18.8. The monoisotopic (exact) mass is 302 g/mol. The summed E-state index contributed by atoms with van der Waals surface area (Å²) in [6.07, 6.45) is -0.364. The number of benzene rings is 1. The Labute approximate surface area is 127 Å². The molecule has 22 heavy (non-hydrogen) atoms. The second-order valence-electron chi connectivity index (χ2n) is 5.70. The fraction of sp³-hybridized carbons (Fsp3) is 0.294. The van der Waals surface area contributed by atoms with E-state index in [-0.39, 0.29) is 6.42 Å². The summed E-state index contributed by atoms with van der Waals surface area (Å²) >= 11 is 0. The van der Waals surface area contributed by atoms with Crippen LogP contribution >= 0.6 is 0 Å². The number of alkyl halides is 2. The summed E-state index contributed by atoms with van der Waals surface area (Å²) in [4.78, 5) is 16.2. The fourth-order valence-electron chi connectivity index (χ4n) is 2.40. The van der Waals surface area contributed by atoms with Crippen molar-refractivity contribution in [3.05, 3.63) is 47.7 Å². The average Bonchev–Trinajstić information content (AvgIpc) is 3.10. The minimum Gasteiger partial charge on any atom is -0.326 e. The first-order valence-corrected chi connectivity index (χ1v) is 7.10. The molecule has 0 spiro atoms. The van der Waals surface area contributed by atoms with Gasteiger partial charge in [-0.3, -0.25) is 9.78 Å². The maximum Gasteiger partial charge on any atom is 0.260 e. The van der Waals surface area contributed by atoms with Crippen molar-refractivity contribution >= 4 is 11.6 Å². The van der Waals surface area contributed by atoms with Gasteiger partial charge >= 0.3 is 0 Å². The Kier molecular flexibility index (Phi) is 3.43. The van der Waals surface area contributed by atoms with E-state index in [1.807, 2.05) is 38.1 Å². The number of rotatable bonds is 3. The van der Waals surface area contributed by atoms with Gasteiger partial charge in [-0.2, -0.15) is 0 Å². The number of aryl methyl sites for hydroxylation is 2. The summed E-state index contributed by atoms with van der Waals surface area (Å²) in [6, 6.07) is 11.0. The van der Waals surface area contributed by atoms with Crippen LogP contribution in [-0.2, 0) is 4.79 Å². The summed E-state index contributed by atoms with van der Waals surface area (Å²) in [5.74, 6) is -4.68. The van der Waals surface area contributed by atoms with Crippen LogP contribution in [0.3, 0.4) is 0 Å². The number of anilines is 1. The molecule has 0 aliphatic heterocycles. The molecule has 1 aromatic carbocycles. The third-order valence-electron chi connectivity index (χ3n) is 3.81. The lowest BCUT2D eigenvalue weighted by molar-refractivity contribution is -0.119. The third-order valence-corrected chi connectivity index (χ3v) is 3.81. The van der Waals surface area contributed by atoms with E-state index in [1.165, 1.54) is 0 Å². The molecule has 1 fully saturated rings. The van der Waals surface area contributed by atoms with Crippen LogP contribution in [0.2, 0.25) is 0 Å². The molecule has 1 heterocycles. The number of hydrogen-bond donors (Lipinski definition) is 1. The topological polar surface area (TPSA) is 42.0 Å². The van der Waals surface area contributed by atoms with Crippen molar-refractivity contribution in [3.63, 3.8) is 0 Å². The van der Waals surface area contributed by atoms with Gasteiger partial charge in [0.05, 0.1) is 5.69 Å². The first-order chi connectivity index (χ1) is 10.4. The van der Waals surface area contributed by atoms with Crippen LogP contribution in [0.15, 0.2) is 36.4 Å². The number of aromatic nitrogens is 1.